The summed E-state index contributed by atoms with van der Waals surface area (Å²) in [6, 6.07) is 11.8. The van der Waals surface area contributed by atoms with Crippen molar-refractivity contribution < 1.29 is 14.5 Å². The van der Waals surface area contributed by atoms with Gasteiger partial charge in [-0.3, -0.25) is 14.9 Å². The summed E-state index contributed by atoms with van der Waals surface area (Å²) in [5, 5.41) is 22.5. The number of aryl methyl sites for hydroxylation is 1. The molecule has 1 amide bonds. The highest BCUT2D eigenvalue weighted by atomic mass is 35.5. The summed E-state index contributed by atoms with van der Waals surface area (Å²) in [5.74, 6) is 1.07. The molecule has 0 aliphatic heterocycles. The Balaban J connectivity index is 1.60. The number of benzene rings is 2. The average Bonchev–Trinajstić information content (AvgIpc) is 3.08. The Hall–Kier alpha value is -3.11. The van der Waals surface area contributed by atoms with E-state index in [9.17, 15) is 14.9 Å². The summed E-state index contributed by atoms with van der Waals surface area (Å²) < 4.78 is 7.71. The first-order valence-corrected chi connectivity index (χ1v) is 10.6. The number of nitrogens with zero attached hydrogens (tertiary/aromatic N) is 4. The Kier molecular flexibility index (Phi) is 7.13. The van der Waals surface area contributed by atoms with Crippen molar-refractivity contribution in [3.63, 3.8) is 0 Å². The highest BCUT2D eigenvalue weighted by Crippen LogP contribution is 2.28. The smallest absolute Gasteiger partial charge is 0.289 e. The molecule has 0 saturated carbocycles. The highest BCUT2D eigenvalue weighted by molar-refractivity contribution is 7.99. The molecule has 3 aromatic rings. The van der Waals surface area contributed by atoms with Gasteiger partial charge in [-0.05, 0) is 43.7 Å². The maximum Gasteiger partial charge on any atom is 0.289 e. The van der Waals surface area contributed by atoms with Gasteiger partial charge in [-0.25, -0.2) is 0 Å². The number of hydrogen-bond donors (Lipinski definition) is 1. The Labute approximate surface area is 187 Å². The lowest BCUT2D eigenvalue weighted by Gasteiger charge is -2.14. The second-order valence-corrected chi connectivity index (χ2v) is 8.09. The fourth-order valence-electron chi connectivity index (χ4n) is 2.81. The molecule has 0 fully saturated rings. The van der Waals surface area contributed by atoms with Crippen LogP contribution in [0.1, 0.15) is 24.4 Å². The molecule has 1 unspecified atom stereocenters. The monoisotopic (exact) mass is 461 g/mol. The number of amides is 1. The number of carbonyl (C=O) groups excluding carboxylic acids is 1. The van der Waals surface area contributed by atoms with Crippen LogP contribution in [-0.2, 0) is 11.8 Å². The second kappa shape index (κ2) is 9.80. The van der Waals surface area contributed by atoms with Crippen molar-refractivity contribution in [2.75, 3.05) is 11.1 Å². The van der Waals surface area contributed by atoms with Crippen molar-refractivity contribution in [2.24, 2.45) is 7.05 Å². The van der Waals surface area contributed by atoms with Gasteiger partial charge in [0.15, 0.2) is 17.1 Å². The number of hydrogen-bond acceptors (Lipinski definition) is 7. The molecule has 0 saturated heterocycles. The zero-order valence-electron chi connectivity index (χ0n) is 17.0. The lowest BCUT2D eigenvalue weighted by atomic mass is 10.2. The molecule has 31 heavy (non-hydrogen) atoms. The first kappa shape index (κ1) is 22.6. The quantitative estimate of drug-likeness (QED) is 0.297. The molecule has 1 heterocycles. The lowest BCUT2D eigenvalue weighted by molar-refractivity contribution is -0.384. The number of nitro benzene ring substituents is 1. The first-order chi connectivity index (χ1) is 14.7. The molecule has 0 bridgehead atoms. The summed E-state index contributed by atoms with van der Waals surface area (Å²) in [7, 11) is 1.80. The normalized spacial score (nSPS) is 11.7. The van der Waals surface area contributed by atoms with Crippen LogP contribution in [0.5, 0.6) is 5.75 Å². The zero-order chi connectivity index (χ0) is 22.5. The molecule has 11 heteroatoms. The van der Waals surface area contributed by atoms with Crippen LogP contribution < -0.4 is 10.1 Å². The lowest BCUT2D eigenvalue weighted by Crippen LogP contribution is -2.15. The number of thioether (sulfide) groups is 1. The summed E-state index contributed by atoms with van der Waals surface area (Å²) >= 11 is 6.98. The number of nitrogens with one attached hydrogen (secondary N) is 1. The summed E-state index contributed by atoms with van der Waals surface area (Å²) in [6.07, 6.45) is -0.336. The summed E-state index contributed by atoms with van der Waals surface area (Å²) in [5.41, 5.74) is 1.11. The van der Waals surface area contributed by atoms with E-state index in [1.807, 2.05) is 38.1 Å². The third kappa shape index (κ3) is 5.74. The fourth-order valence-corrected chi connectivity index (χ4v) is 3.71. The number of carbonyl (C=O) groups is 1. The molecule has 0 aliphatic rings. The van der Waals surface area contributed by atoms with Crippen LogP contribution in [0.4, 0.5) is 11.4 Å². The van der Waals surface area contributed by atoms with E-state index < -0.39 is 4.92 Å². The molecular weight excluding hydrogens is 442 g/mol. The number of aromatic nitrogens is 3. The van der Waals surface area contributed by atoms with Crippen LogP contribution >= 0.6 is 23.4 Å². The van der Waals surface area contributed by atoms with E-state index in [0.29, 0.717) is 16.7 Å². The van der Waals surface area contributed by atoms with E-state index >= 15 is 0 Å². The van der Waals surface area contributed by atoms with Gasteiger partial charge in [0.25, 0.3) is 5.69 Å². The van der Waals surface area contributed by atoms with Gasteiger partial charge in [0.1, 0.15) is 10.8 Å². The Bertz CT molecular complexity index is 1120. The summed E-state index contributed by atoms with van der Waals surface area (Å²) in [6.45, 7) is 3.86. The molecule has 9 nitrogen and oxygen atoms in total. The Morgan fingerprint density at radius 1 is 1.32 bits per heavy atom. The third-order valence-corrected chi connectivity index (χ3v) is 5.63. The number of rotatable bonds is 8. The van der Waals surface area contributed by atoms with Crippen LogP contribution in [-0.4, -0.2) is 31.3 Å². The number of halogens is 1. The van der Waals surface area contributed by atoms with E-state index in [1.54, 1.807) is 11.6 Å². The van der Waals surface area contributed by atoms with Crippen LogP contribution in [0.3, 0.4) is 0 Å². The molecule has 162 valence electrons. The van der Waals surface area contributed by atoms with Gasteiger partial charge in [0, 0.05) is 18.8 Å². The number of anilines is 1. The van der Waals surface area contributed by atoms with Gasteiger partial charge in [0.05, 0.1) is 10.7 Å². The molecule has 1 aromatic heterocycles. The van der Waals surface area contributed by atoms with Crippen LogP contribution in [0.2, 0.25) is 5.02 Å². The molecule has 0 radical (unpaired) electrons. The van der Waals surface area contributed by atoms with E-state index in [2.05, 4.69) is 15.5 Å². The fraction of sp³-hybridized carbons (Fsp3) is 0.250. The predicted octanol–water partition coefficient (Wildman–Crippen LogP) is 4.56. The number of ether oxygens (including phenoxy) is 1. The van der Waals surface area contributed by atoms with Crippen molar-refractivity contribution in [3.8, 4) is 5.75 Å². The van der Waals surface area contributed by atoms with Crippen molar-refractivity contribution in [3.05, 3.63) is 69.0 Å². The largest absolute Gasteiger partial charge is 0.483 e. The zero-order valence-corrected chi connectivity index (χ0v) is 18.6. The van der Waals surface area contributed by atoms with Crippen LogP contribution in [0.15, 0.2) is 47.6 Å². The topological polar surface area (TPSA) is 112 Å². The van der Waals surface area contributed by atoms with Gasteiger partial charge < -0.3 is 14.6 Å². The Morgan fingerprint density at radius 2 is 2.10 bits per heavy atom. The van der Waals surface area contributed by atoms with Crippen LogP contribution in [0.25, 0.3) is 0 Å². The van der Waals surface area contributed by atoms with E-state index in [0.717, 1.165) is 11.3 Å². The van der Waals surface area contributed by atoms with Gasteiger partial charge in [-0.15, -0.1) is 10.2 Å². The minimum absolute atomic E-state index is 0.00555. The molecular formula is C20H20ClN5O4S. The molecule has 3 rings (SSSR count). The van der Waals surface area contributed by atoms with Gasteiger partial charge in [-0.2, -0.15) is 0 Å². The molecule has 1 atom stereocenters. The molecule has 0 spiro atoms. The van der Waals surface area contributed by atoms with E-state index in [1.165, 1.54) is 30.0 Å². The van der Waals surface area contributed by atoms with Gasteiger partial charge in [-0.1, -0.05) is 35.5 Å². The standard InChI is InChI=1S/C20H20ClN5O4S/c1-12-5-4-6-15(9-12)30-13(2)19-23-24-20(25(19)3)31-11-18(27)22-14-7-8-16(21)17(10-14)26(28)29/h4-10,13H,11H2,1-3H3,(H,22,27). The van der Waals surface area contributed by atoms with Crippen molar-refractivity contribution in [2.45, 2.75) is 25.1 Å². The second-order valence-electron chi connectivity index (χ2n) is 6.74. The van der Waals surface area contributed by atoms with Gasteiger partial charge in [0.2, 0.25) is 5.91 Å². The minimum Gasteiger partial charge on any atom is -0.483 e. The van der Waals surface area contributed by atoms with E-state index in [-0.39, 0.29) is 28.5 Å². The van der Waals surface area contributed by atoms with Crippen molar-refractivity contribution in [1.82, 2.24) is 14.8 Å². The maximum absolute atomic E-state index is 12.3. The predicted molar refractivity (Wildman–Crippen MR) is 119 cm³/mol. The molecule has 1 N–H and O–H groups in total. The van der Waals surface area contributed by atoms with Crippen molar-refractivity contribution >= 4 is 40.6 Å². The maximum atomic E-state index is 12.3. The highest BCUT2D eigenvalue weighted by Gasteiger charge is 2.19. The van der Waals surface area contributed by atoms with Crippen LogP contribution in [0, 0.1) is 17.0 Å². The SMILES string of the molecule is Cc1cccc(OC(C)c2nnc(SCC(=O)Nc3ccc(Cl)c([N+](=O)[O-])c3)n2C)c1. The van der Waals surface area contributed by atoms with Gasteiger partial charge >= 0.3 is 0 Å². The van der Waals surface area contributed by atoms with E-state index in [4.69, 9.17) is 16.3 Å². The Morgan fingerprint density at radius 3 is 2.81 bits per heavy atom. The van der Waals surface area contributed by atoms with Crippen molar-refractivity contribution in [1.29, 1.82) is 0 Å². The molecule has 0 aliphatic carbocycles. The minimum atomic E-state index is -0.603. The summed E-state index contributed by atoms with van der Waals surface area (Å²) in [4.78, 5) is 22.6. The third-order valence-electron chi connectivity index (χ3n) is 4.29. The number of nitro groups is 1. The average molecular weight is 462 g/mol. The first-order valence-electron chi connectivity index (χ1n) is 9.24. The molecule has 2 aromatic carbocycles.